The van der Waals surface area contributed by atoms with Crippen molar-refractivity contribution in [2.45, 2.75) is 26.4 Å². The predicted octanol–water partition coefficient (Wildman–Crippen LogP) is 4.01. The van der Waals surface area contributed by atoms with Crippen molar-refractivity contribution in [3.05, 3.63) is 0 Å². The lowest BCUT2D eigenvalue weighted by atomic mass is 10.2. The second kappa shape index (κ2) is 24.0. The summed E-state index contributed by atoms with van der Waals surface area (Å²) in [7, 11) is 0.958. The standard InChI is InChI=1S/C4H8F2O.C2H5F.CH2F2.CH3FO/c1-4(2,3-5)7-6;1-2-3;2-1-3;1-3-2/h3H2,1-2H3;2H2,1H3;1H2;1H3. The summed E-state index contributed by atoms with van der Waals surface area (Å²) in [5.74, 6) is 0. The molecular weight excluding hydrogens is 242 g/mol. The van der Waals surface area contributed by atoms with Gasteiger partial charge in [0.15, 0.2) is 0 Å². The molecule has 0 rings (SSSR count). The molecule has 0 aliphatic heterocycles. The van der Waals surface area contributed by atoms with Gasteiger partial charge in [0, 0.05) is 0 Å². The van der Waals surface area contributed by atoms with Gasteiger partial charge in [-0.25, -0.2) is 13.2 Å². The van der Waals surface area contributed by atoms with Crippen molar-refractivity contribution in [1.82, 2.24) is 0 Å². The third kappa shape index (κ3) is 69.7. The Bertz CT molecular complexity index is 83.8. The molecule has 0 spiro atoms. The van der Waals surface area contributed by atoms with Gasteiger partial charge in [-0.15, -0.1) is 0 Å². The van der Waals surface area contributed by atoms with Crippen LogP contribution in [0, 0.1) is 0 Å². The average Bonchev–Trinajstić information content (AvgIpc) is 2.21. The first-order valence-electron chi connectivity index (χ1n) is 4.05. The minimum absolute atomic E-state index is 0.250. The molecule has 2 nitrogen and oxygen atoms in total. The summed E-state index contributed by atoms with van der Waals surface area (Å²) in [6.45, 7) is 1.31. The first-order valence-corrected chi connectivity index (χ1v) is 4.05. The van der Waals surface area contributed by atoms with E-state index in [1.165, 1.54) is 20.8 Å². The normalized spacial score (nSPS) is 8.62. The summed E-state index contributed by atoms with van der Waals surface area (Å²) in [4.78, 5) is 5.96. The van der Waals surface area contributed by atoms with E-state index in [-0.39, 0.29) is 6.67 Å². The molecule has 104 valence electrons. The minimum Gasteiger partial charge on any atom is -0.251 e. The van der Waals surface area contributed by atoms with Crippen molar-refractivity contribution >= 4 is 0 Å². The van der Waals surface area contributed by atoms with Crippen LogP contribution in [0.15, 0.2) is 0 Å². The van der Waals surface area contributed by atoms with E-state index in [0.29, 0.717) is 0 Å². The molecule has 0 aromatic heterocycles. The van der Waals surface area contributed by atoms with Crippen LogP contribution in [0.4, 0.5) is 26.6 Å². The zero-order valence-corrected chi connectivity index (χ0v) is 9.71. The van der Waals surface area contributed by atoms with Crippen molar-refractivity contribution in [3.63, 3.8) is 0 Å². The van der Waals surface area contributed by atoms with Gasteiger partial charge in [-0.2, -0.15) is 9.88 Å². The molecule has 0 fully saturated rings. The third-order valence-corrected chi connectivity index (χ3v) is 0.531. The molecule has 0 atom stereocenters. The largest absolute Gasteiger partial charge is 0.251 e. The van der Waals surface area contributed by atoms with Gasteiger partial charge in [0.25, 0.3) is 0 Å². The molecule has 0 unspecified atom stereocenters. The predicted molar refractivity (Wildman–Crippen MR) is 49.1 cm³/mol. The molecule has 0 saturated carbocycles. The van der Waals surface area contributed by atoms with Crippen LogP contribution in [-0.2, 0) is 9.88 Å². The fourth-order valence-corrected chi connectivity index (χ4v) is 0.0206. The molecule has 0 heterocycles. The molecule has 8 heteroatoms. The fourth-order valence-electron chi connectivity index (χ4n) is 0.0206. The number of rotatable bonds is 2. The average molecular weight is 260 g/mol. The van der Waals surface area contributed by atoms with Gasteiger partial charge < -0.3 is 0 Å². The van der Waals surface area contributed by atoms with Crippen molar-refractivity contribution in [2.24, 2.45) is 0 Å². The molecule has 0 saturated heterocycles. The van der Waals surface area contributed by atoms with E-state index in [1.807, 2.05) is 0 Å². The van der Waals surface area contributed by atoms with E-state index in [2.05, 4.69) is 9.88 Å². The van der Waals surface area contributed by atoms with Crippen LogP contribution in [0.25, 0.3) is 0 Å². The summed E-state index contributed by atoms with van der Waals surface area (Å²) in [5, 5.41) is 0. The number of halogens is 6. The molecule has 0 aliphatic rings. The van der Waals surface area contributed by atoms with Crippen LogP contribution in [0.1, 0.15) is 20.8 Å². The Morgan fingerprint density at radius 1 is 1.00 bits per heavy atom. The van der Waals surface area contributed by atoms with Crippen LogP contribution in [0.5, 0.6) is 0 Å². The second-order valence-corrected chi connectivity index (χ2v) is 2.49. The maximum atomic E-state index is 11.4. The van der Waals surface area contributed by atoms with Crippen molar-refractivity contribution in [2.75, 3.05) is 27.4 Å². The molecular formula is C8H18F6O2. The summed E-state index contributed by atoms with van der Waals surface area (Å²) >= 11 is 0. The number of hydrogen-bond donors (Lipinski definition) is 0. The van der Waals surface area contributed by atoms with E-state index in [9.17, 15) is 26.6 Å². The summed E-state index contributed by atoms with van der Waals surface area (Å²) in [6.07, 6.45) is 0. The topological polar surface area (TPSA) is 18.5 Å². The van der Waals surface area contributed by atoms with Crippen LogP contribution >= 0.6 is 0 Å². The monoisotopic (exact) mass is 260 g/mol. The summed E-state index contributed by atoms with van der Waals surface area (Å²) in [6, 6.07) is 0. The van der Waals surface area contributed by atoms with Gasteiger partial charge >= 0.3 is 0 Å². The minimum atomic E-state index is -1.75. The van der Waals surface area contributed by atoms with Gasteiger partial charge in [0.1, 0.15) is 12.3 Å². The van der Waals surface area contributed by atoms with E-state index >= 15 is 0 Å². The quantitative estimate of drug-likeness (QED) is 0.698. The Balaban J connectivity index is -0.0000000677. The Hall–Kier alpha value is -0.500. The van der Waals surface area contributed by atoms with Gasteiger partial charge in [0.05, 0.1) is 13.8 Å². The molecule has 0 N–H and O–H groups in total. The molecule has 0 amide bonds. The Morgan fingerprint density at radius 2 is 1.19 bits per heavy atom. The van der Waals surface area contributed by atoms with E-state index in [4.69, 9.17) is 0 Å². The molecule has 0 radical (unpaired) electrons. The van der Waals surface area contributed by atoms with Crippen molar-refractivity contribution in [3.8, 4) is 0 Å². The zero-order valence-electron chi connectivity index (χ0n) is 9.71. The summed E-state index contributed by atoms with van der Waals surface area (Å²) < 4.78 is 61.8. The second-order valence-electron chi connectivity index (χ2n) is 2.49. The van der Waals surface area contributed by atoms with E-state index < -0.39 is 19.2 Å². The lowest BCUT2D eigenvalue weighted by Crippen LogP contribution is -2.22. The third-order valence-electron chi connectivity index (χ3n) is 0.531. The smallest absolute Gasteiger partial charge is 0.229 e. The van der Waals surface area contributed by atoms with Crippen LogP contribution in [-0.4, -0.2) is 33.0 Å². The highest BCUT2D eigenvalue weighted by Crippen LogP contribution is 2.08. The highest BCUT2D eigenvalue weighted by molar-refractivity contribution is 4.62. The van der Waals surface area contributed by atoms with E-state index in [1.54, 1.807) is 0 Å². The van der Waals surface area contributed by atoms with Gasteiger partial charge in [0.2, 0.25) is 6.93 Å². The lowest BCUT2D eigenvalue weighted by Gasteiger charge is -2.11. The SMILES string of the molecule is CC(C)(CF)OF.CCF.COF.FCF. The van der Waals surface area contributed by atoms with Crippen molar-refractivity contribution in [1.29, 1.82) is 0 Å². The highest BCUT2D eigenvalue weighted by atomic mass is 19.3. The van der Waals surface area contributed by atoms with Crippen LogP contribution < -0.4 is 0 Å². The van der Waals surface area contributed by atoms with Gasteiger partial charge in [-0.1, -0.05) is 0 Å². The number of alkyl halides is 4. The zero-order chi connectivity index (χ0) is 14.0. The highest BCUT2D eigenvalue weighted by Gasteiger charge is 2.18. The van der Waals surface area contributed by atoms with Crippen LogP contribution in [0.2, 0.25) is 0 Å². The summed E-state index contributed by atoms with van der Waals surface area (Å²) in [5.41, 5.74) is -1.25. The Kier molecular flexibility index (Phi) is 36.9. The van der Waals surface area contributed by atoms with E-state index in [0.717, 1.165) is 7.11 Å². The molecule has 16 heavy (non-hydrogen) atoms. The van der Waals surface area contributed by atoms with Gasteiger partial charge in [-0.05, 0) is 29.8 Å². The molecule has 0 aromatic carbocycles. The lowest BCUT2D eigenvalue weighted by molar-refractivity contribution is -0.226. The number of hydrogen-bond acceptors (Lipinski definition) is 2. The first kappa shape index (κ1) is 24.6. The molecule has 0 aromatic rings. The maximum Gasteiger partial charge on any atom is 0.229 e. The Labute approximate surface area is 91.3 Å². The van der Waals surface area contributed by atoms with Gasteiger partial charge in [-0.3, -0.25) is 4.39 Å². The Morgan fingerprint density at radius 3 is 1.19 bits per heavy atom. The first-order chi connectivity index (χ1) is 7.36. The molecule has 0 aliphatic carbocycles. The fraction of sp³-hybridized carbons (Fsp3) is 1.00. The van der Waals surface area contributed by atoms with Crippen LogP contribution in [0.3, 0.4) is 0 Å². The molecule has 0 bridgehead atoms. The van der Waals surface area contributed by atoms with Crippen molar-refractivity contribution < 1.29 is 36.5 Å². The maximum absolute atomic E-state index is 11.4.